The lowest BCUT2D eigenvalue weighted by molar-refractivity contribution is 0.0600. The van der Waals surface area contributed by atoms with E-state index in [0.717, 1.165) is 5.56 Å². The summed E-state index contributed by atoms with van der Waals surface area (Å²) in [5, 5.41) is 21.5. The summed E-state index contributed by atoms with van der Waals surface area (Å²) in [6.45, 7) is 4.60. The lowest BCUT2D eigenvalue weighted by Gasteiger charge is -2.13. The van der Waals surface area contributed by atoms with E-state index in [1.165, 1.54) is 19.2 Å². The zero-order chi connectivity index (χ0) is 21.7. The summed E-state index contributed by atoms with van der Waals surface area (Å²) in [5.41, 5.74) is 2.71. The fourth-order valence-corrected chi connectivity index (χ4v) is 3.10. The number of carbonyl (C=O) groups excluding carboxylic acids is 1. The van der Waals surface area contributed by atoms with Gasteiger partial charge in [0, 0.05) is 12.2 Å². The van der Waals surface area contributed by atoms with Crippen molar-refractivity contribution >= 4 is 5.97 Å². The van der Waals surface area contributed by atoms with E-state index in [9.17, 15) is 14.3 Å². The number of halogens is 1. The van der Waals surface area contributed by atoms with Crippen molar-refractivity contribution in [3.05, 3.63) is 76.4 Å². The second-order valence-corrected chi connectivity index (χ2v) is 6.95. The topological polar surface area (TPSA) is 102 Å². The first-order chi connectivity index (χ1) is 14.4. The molecular formula is C21H24FN5O3. The molecule has 2 N–H and O–H groups in total. The van der Waals surface area contributed by atoms with Gasteiger partial charge in [-0.2, -0.15) is 0 Å². The summed E-state index contributed by atoms with van der Waals surface area (Å²) in [6.07, 6.45) is -0.798. The Balaban J connectivity index is 1.73. The van der Waals surface area contributed by atoms with E-state index in [1.54, 1.807) is 35.8 Å². The number of rotatable bonds is 8. The Morgan fingerprint density at radius 3 is 2.63 bits per heavy atom. The molecule has 0 amide bonds. The monoisotopic (exact) mass is 413 g/mol. The van der Waals surface area contributed by atoms with Crippen LogP contribution < -0.4 is 5.32 Å². The number of ether oxygens (including phenoxy) is 1. The van der Waals surface area contributed by atoms with Gasteiger partial charge in [0.15, 0.2) is 5.82 Å². The van der Waals surface area contributed by atoms with Gasteiger partial charge in [-0.1, -0.05) is 12.1 Å². The molecule has 0 spiro atoms. The molecule has 30 heavy (non-hydrogen) atoms. The normalized spacial score (nSPS) is 12.0. The first-order valence-corrected chi connectivity index (χ1v) is 9.48. The molecule has 2 aromatic heterocycles. The van der Waals surface area contributed by atoms with Crippen molar-refractivity contribution in [2.24, 2.45) is 0 Å². The number of aliphatic hydroxyl groups is 1. The number of aryl methyl sites for hydroxylation is 1. The number of aromatic nitrogens is 4. The van der Waals surface area contributed by atoms with Crippen molar-refractivity contribution in [1.29, 1.82) is 0 Å². The first kappa shape index (κ1) is 21.5. The van der Waals surface area contributed by atoms with Crippen molar-refractivity contribution in [3.8, 4) is 0 Å². The van der Waals surface area contributed by atoms with Gasteiger partial charge in [0.2, 0.25) is 0 Å². The lowest BCUT2D eigenvalue weighted by Crippen LogP contribution is -2.19. The van der Waals surface area contributed by atoms with Crippen LogP contribution >= 0.6 is 0 Å². The summed E-state index contributed by atoms with van der Waals surface area (Å²) in [4.78, 5) is 16.2. The number of nitrogens with zero attached hydrogens (tertiary/aromatic N) is 4. The highest BCUT2D eigenvalue weighted by Gasteiger charge is 2.16. The van der Waals surface area contributed by atoms with E-state index in [0.29, 0.717) is 48.2 Å². The Hall–Kier alpha value is -3.17. The van der Waals surface area contributed by atoms with E-state index >= 15 is 0 Å². The second-order valence-electron chi connectivity index (χ2n) is 6.95. The van der Waals surface area contributed by atoms with Gasteiger partial charge < -0.3 is 19.7 Å². The minimum atomic E-state index is -0.798. The van der Waals surface area contributed by atoms with Gasteiger partial charge in [0.1, 0.15) is 17.7 Å². The molecule has 0 aliphatic rings. The molecule has 0 saturated heterocycles. The Morgan fingerprint density at radius 2 is 1.97 bits per heavy atom. The standard InChI is InChI=1S/C21H24FN5O3/c1-13-8-16(21(29)30-3)9-18(24-13)10-23-11-19-25-26-20(14(2)28)27(19)12-15-4-6-17(22)7-5-15/h4-9,14,23,28H,10-12H2,1-3H3. The predicted molar refractivity (Wildman–Crippen MR) is 107 cm³/mol. The largest absolute Gasteiger partial charge is 0.465 e. The van der Waals surface area contributed by atoms with Gasteiger partial charge in [-0.05, 0) is 43.7 Å². The van der Waals surface area contributed by atoms with Gasteiger partial charge in [-0.15, -0.1) is 10.2 Å². The smallest absolute Gasteiger partial charge is 0.337 e. The molecule has 1 aromatic carbocycles. The quantitative estimate of drug-likeness (QED) is 0.546. The Morgan fingerprint density at radius 1 is 1.23 bits per heavy atom. The van der Waals surface area contributed by atoms with Crippen molar-refractivity contribution in [1.82, 2.24) is 25.1 Å². The van der Waals surface area contributed by atoms with E-state index in [-0.39, 0.29) is 5.82 Å². The molecule has 1 atom stereocenters. The molecule has 9 heteroatoms. The molecule has 0 bridgehead atoms. The molecule has 3 aromatic rings. The highest BCUT2D eigenvalue weighted by atomic mass is 19.1. The minimum absolute atomic E-state index is 0.308. The molecule has 0 aliphatic carbocycles. The average Bonchev–Trinajstić information content (AvgIpc) is 3.11. The number of esters is 1. The van der Waals surface area contributed by atoms with Crippen LogP contribution in [0.25, 0.3) is 0 Å². The van der Waals surface area contributed by atoms with Crippen molar-refractivity contribution in [3.63, 3.8) is 0 Å². The maximum absolute atomic E-state index is 13.2. The van der Waals surface area contributed by atoms with Gasteiger partial charge >= 0.3 is 5.97 Å². The highest BCUT2D eigenvalue weighted by Crippen LogP contribution is 2.15. The summed E-state index contributed by atoms with van der Waals surface area (Å²) in [6, 6.07) is 9.50. The molecule has 0 radical (unpaired) electrons. The number of benzene rings is 1. The fraction of sp³-hybridized carbons (Fsp3) is 0.333. The fourth-order valence-electron chi connectivity index (χ4n) is 3.10. The zero-order valence-corrected chi connectivity index (χ0v) is 17.1. The molecule has 0 fully saturated rings. The molecule has 0 aliphatic heterocycles. The van der Waals surface area contributed by atoms with E-state index in [4.69, 9.17) is 4.74 Å². The van der Waals surface area contributed by atoms with Crippen LogP contribution in [0.2, 0.25) is 0 Å². The first-order valence-electron chi connectivity index (χ1n) is 9.48. The van der Waals surface area contributed by atoms with Crippen LogP contribution in [0.4, 0.5) is 4.39 Å². The van der Waals surface area contributed by atoms with Crippen LogP contribution in [0.1, 0.15) is 52.0 Å². The third kappa shape index (κ3) is 5.25. The Bertz CT molecular complexity index is 1020. The number of methoxy groups -OCH3 is 1. The number of hydrogen-bond acceptors (Lipinski definition) is 7. The molecule has 158 valence electrons. The number of hydrogen-bond donors (Lipinski definition) is 2. The predicted octanol–water partition coefficient (Wildman–Crippen LogP) is 2.30. The van der Waals surface area contributed by atoms with Crippen LogP contribution in [-0.2, 0) is 24.4 Å². The van der Waals surface area contributed by atoms with Crippen LogP contribution in [0.3, 0.4) is 0 Å². The average molecular weight is 413 g/mol. The van der Waals surface area contributed by atoms with Crippen LogP contribution in [-0.4, -0.2) is 37.9 Å². The van der Waals surface area contributed by atoms with Gasteiger partial charge in [0.05, 0.1) is 31.5 Å². The van der Waals surface area contributed by atoms with E-state index < -0.39 is 12.1 Å². The zero-order valence-electron chi connectivity index (χ0n) is 17.1. The number of pyridine rings is 1. The highest BCUT2D eigenvalue weighted by molar-refractivity contribution is 5.89. The van der Waals surface area contributed by atoms with Crippen molar-refractivity contribution in [2.45, 2.75) is 39.6 Å². The van der Waals surface area contributed by atoms with E-state index in [2.05, 4.69) is 20.5 Å². The molecule has 8 nitrogen and oxygen atoms in total. The Labute approximate surface area is 173 Å². The molecule has 2 heterocycles. The number of carbonyl (C=O) groups is 1. The Kier molecular flexibility index (Phi) is 6.86. The van der Waals surface area contributed by atoms with Crippen molar-refractivity contribution < 1.29 is 19.0 Å². The summed E-state index contributed by atoms with van der Waals surface area (Å²) in [7, 11) is 1.34. The minimum Gasteiger partial charge on any atom is -0.465 e. The summed E-state index contributed by atoms with van der Waals surface area (Å²) >= 11 is 0. The lowest BCUT2D eigenvalue weighted by atomic mass is 10.2. The number of nitrogens with one attached hydrogen (secondary N) is 1. The second kappa shape index (κ2) is 9.55. The number of aliphatic hydroxyl groups excluding tert-OH is 1. The summed E-state index contributed by atoms with van der Waals surface area (Å²) in [5.74, 6) is 0.327. The van der Waals surface area contributed by atoms with Crippen molar-refractivity contribution in [2.75, 3.05) is 7.11 Å². The molecule has 1 unspecified atom stereocenters. The SMILES string of the molecule is COC(=O)c1cc(C)nc(CNCc2nnc(C(C)O)n2Cc2ccc(F)cc2)c1. The van der Waals surface area contributed by atoms with Crippen LogP contribution in [0, 0.1) is 12.7 Å². The van der Waals surface area contributed by atoms with Crippen LogP contribution in [0.15, 0.2) is 36.4 Å². The van der Waals surface area contributed by atoms with Gasteiger partial charge in [-0.3, -0.25) is 4.98 Å². The third-order valence-corrected chi connectivity index (χ3v) is 4.50. The van der Waals surface area contributed by atoms with Crippen LogP contribution in [0.5, 0.6) is 0 Å². The maximum atomic E-state index is 13.2. The molecular weight excluding hydrogens is 389 g/mol. The van der Waals surface area contributed by atoms with E-state index in [1.807, 2.05) is 6.92 Å². The summed E-state index contributed by atoms with van der Waals surface area (Å²) < 4.78 is 19.8. The molecule has 0 saturated carbocycles. The van der Waals surface area contributed by atoms with Gasteiger partial charge in [-0.25, -0.2) is 9.18 Å². The third-order valence-electron chi connectivity index (χ3n) is 4.50. The molecule has 3 rings (SSSR count). The maximum Gasteiger partial charge on any atom is 0.337 e. The van der Waals surface area contributed by atoms with Gasteiger partial charge in [0.25, 0.3) is 0 Å².